The van der Waals surface area contributed by atoms with Gasteiger partial charge in [-0.3, -0.25) is 9.38 Å². The number of hydrogen-bond donors (Lipinski definition) is 0. The van der Waals surface area contributed by atoms with Crippen molar-refractivity contribution < 1.29 is 0 Å². The second kappa shape index (κ2) is 4.70. The first-order chi connectivity index (χ1) is 8.83. The number of fused-ring (bicyclic) bond motifs is 1. The molecule has 3 aromatic heterocycles. The number of halogens is 1. The van der Waals surface area contributed by atoms with E-state index in [4.69, 9.17) is 11.6 Å². The molecule has 0 aliphatic heterocycles. The highest BCUT2D eigenvalue weighted by molar-refractivity contribution is 6.29. The third kappa shape index (κ3) is 2.17. The van der Waals surface area contributed by atoms with Gasteiger partial charge in [-0.2, -0.15) is 0 Å². The van der Waals surface area contributed by atoms with E-state index in [1.807, 2.05) is 16.5 Å². The van der Waals surface area contributed by atoms with E-state index in [1.165, 1.54) is 5.56 Å². The van der Waals surface area contributed by atoms with E-state index < -0.39 is 0 Å². The lowest BCUT2D eigenvalue weighted by molar-refractivity contribution is 0.831. The largest absolute Gasteiger partial charge is 0.269 e. The van der Waals surface area contributed by atoms with Gasteiger partial charge in [-0.15, -0.1) is 10.2 Å². The maximum Gasteiger partial charge on any atom is 0.165 e. The van der Waals surface area contributed by atoms with Crippen LogP contribution in [0.15, 0.2) is 36.9 Å². The van der Waals surface area contributed by atoms with Crippen LogP contribution in [0.25, 0.3) is 5.65 Å². The van der Waals surface area contributed by atoms with Gasteiger partial charge in [0.25, 0.3) is 0 Å². The van der Waals surface area contributed by atoms with Gasteiger partial charge in [-0.25, -0.2) is 4.98 Å². The summed E-state index contributed by atoms with van der Waals surface area (Å²) in [5.74, 6) is 0.881. The van der Waals surface area contributed by atoms with Crippen molar-refractivity contribution in [1.82, 2.24) is 24.6 Å². The molecule has 3 heterocycles. The SMILES string of the molecule is Clc1cc2nnc(CCc3ccncc3)n2cn1. The average molecular weight is 260 g/mol. The van der Waals surface area contributed by atoms with Gasteiger partial charge in [0.2, 0.25) is 0 Å². The van der Waals surface area contributed by atoms with Gasteiger partial charge in [0, 0.05) is 24.9 Å². The molecule has 0 amide bonds. The number of aromatic nitrogens is 5. The summed E-state index contributed by atoms with van der Waals surface area (Å²) in [7, 11) is 0. The van der Waals surface area contributed by atoms with Crippen LogP contribution in [0.3, 0.4) is 0 Å². The number of aryl methyl sites for hydroxylation is 2. The fourth-order valence-electron chi connectivity index (χ4n) is 1.79. The number of pyridine rings is 1. The Bertz CT molecular complexity index is 665. The van der Waals surface area contributed by atoms with E-state index in [2.05, 4.69) is 20.2 Å². The zero-order valence-electron chi connectivity index (χ0n) is 9.49. The Morgan fingerprint density at radius 2 is 1.94 bits per heavy atom. The Kier molecular flexibility index (Phi) is 2.90. The molecule has 0 unspecified atom stereocenters. The van der Waals surface area contributed by atoms with Gasteiger partial charge in [0.1, 0.15) is 17.3 Å². The predicted molar refractivity (Wildman–Crippen MR) is 67.4 cm³/mol. The molecule has 90 valence electrons. The quantitative estimate of drug-likeness (QED) is 0.675. The minimum Gasteiger partial charge on any atom is -0.269 e. The van der Waals surface area contributed by atoms with Gasteiger partial charge in [0.15, 0.2) is 5.65 Å². The molecule has 0 radical (unpaired) electrons. The van der Waals surface area contributed by atoms with E-state index in [1.54, 1.807) is 24.8 Å². The van der Waals surface area contributed by atoms with Crippen LogP contribution in [0.4, 0.5) is 0 Å². The molecule has 0 aliphatic carbocycles. The average Bonchev–Trinajstić information content (AvgIpc) is 2.80. The van der Waals surface area contributed by atoms with E-state index in [0.29, 0.717) is 5.15 Å². The molecule has 6 heteroatoms. The predicted octanol–water partition coefficient (Wildman–Crippen LogP) is 1.96. The fourth-order valence-corrected chi connectivity index (χ4v) is 1.94. The van der Waals surface area contributed by atoms with Gasteiger partial charge in [0.05, 0.1) is 0 Å². The monoisotopic (exact) mass is 259 g/mol. The molecule has 0 N–H and O–H groups in total. The number of nitrogens with zero attached hydrogens (tertiary/aromatic N) is 5. The summed E-state index contributed by atoms with van der Waals surface area (Å²) in [6.45, 7) is 0. The first-order valence-corrected chi connectivity index (χ1v) is 5.95. The van der Waals surface area contributed by atoms with Gasteiger partial charge in [-0.1, -0.05) is 11.6 Å². The van der Waals surface area contributed by atoms with Crippen molar-refractivity contribution >= 4 is 17.2 Å². The Hall–Kier alpha value is -2.01. The Labute approximate surface area is 108 Å². The van der Waals surface area contributed by atoms with Crippen LogP contribution in [0, 0.1) is 0 Å². The molecule has 3 rings (SSSR count). The van der Waals surface area contributed by atoms with Crippen molar-refractivity contribution in [3.05, 3.63) is 53.5 Å². The van der Waals surface area contributed by atoms with E-state index >= 15 is 0 Å². The van der Waals surface area contributed by atoms with Crippen LogP contribution >= 0.6 is 11.6 Å². The lowest BCUT2D eigenvalue weighted by Gasteiger charge is -2.00. The Morgan fingerprint density at radius 3 is 2.78 bits per heavy atom. The van der Waals surface area contributed by atoms with Crippen molar-refractivity contribution in [2.45, 2.75) is 12.8 Å². The third-order valence-corrected chi connectivity index (χ3v) is 2.93. The summed E-state index contributed by atoms with van der Waals surface area (Å²) in [6.07, 6.45) is 6.93. The van der Waals surface area contributed by atoms with Crippen molar-refractivity contribution in [3.63, 3.8) is 0 Å². The van der Waals surface area contributed by atoms with Crippen LogP contribution in [-0.2, 0) is 12.8 Å². The Morgan fingerprint density at radius 1 is 1.11 bits per heavy atom. The molecule has 0 saturated carbocycles. The smallest absolute Gasteiger partial charge is 0.165 e. The standard InChI is InChI=1S/C12H10ClN5/c13-10-7-12-17-16-11(18(12)8-15-10)2-1-9-3-5-14-6-4-9/h3-8H,1-2H2. The summed E-state index contributed by atoms with van der Waals surface area (Å²) in [4.78, 5) is 8.03. The summed E-state index contributed by atoms with van der Waals surface area (Å²) in [5.41, 5.74) is 1.95. The summed E-state index contributed by atoms with van der Waals surface area (Å²) in [5, 5.41) is 8.64. The summed E-state index contributed by atoms with van der Waals surface area (Å²) >= 11 is 5.80. The molecule has 5 nitrogen and oxygen atoms in total. The van der Waals surface area contributed by atoms with Crippen LogP contribution < -0.4 is 0 Å². The maximum atomic E-state index is 5.80. The lowest BCUT2D eigenvalue weighted by atomic mass is 10.1. The van der Waals surface area contributed by atoms with Crippen LogP contribution in [0.5, 0.6) is 0 Å². The molecule has 0 saturated heterocycles. The van der Waals surface area contributed by atoms with E-state index in [-0.39, 0.29) is 0 Å². The Balaban J connectivity index is 1.83. The maximum absolute atomic E-state index is 5.80. The minimum absolute atomic E-state index is 0.426. The molecular formula is C12H10ClN5. The second-order valence-corrected chi connectivity index (χ2v) is 4.30. The van der Waals surface area contributed by atoms with Gasteiger partial charge in [-0.05, 0) is 24.1 Å². The van der Waals surface area contributed by atoms with E-state index in [9.17, 15) is 0 Å². The van der Waals surface area contributed by atoms with E-state index in [0.717, 1.165) is 24.3 Å². The van der Waals surface area contributed by atoms with Crippen LogP contribution in [0.2, 0.25) is 5.15 Å². The zero-order valence-corrected chi connectivity index (χ0v) is 10.2. The minimum atomic E-state index is 0.426. The highest BCUT2D eigenvalue weighted by Gasteiger charge is 2.06. The molecule has 3 aromatic rings. The van der Waals surface area contributed by atoms with Gasteiger partial charge < -0.3 is 0 Å². The topological polar surface area (TPSA) is 56.0 Å². The van der Waals surface area contributed by atoms with Crippen LogP contribution in [0.1, 0.15) is 11.4 Å². The van der Waals surface area contributed by atoms with Crippen molar-refractivity contribution in [1.29, 1.82) is 0 Å². The molecular weight excluding hydrogens is 250 g/mol. The second-order valence-electron chi connectivity index (χ2n) is 3.91. The molecule has 0 spiro atoms. The lowest BCUT2D eigenvalue weighted by Crippen LogP contribution is -1.98. The fraction of sp³-hybridized carbons (Fsp3) is 0.167. The number of rotatable bonds is 3. The summed E-state index contributed by atoms with van der Waals surface area (Å²) < 4.78 is 1.85. The van der Waals surface area contributed by atoms with Crippen LogP contribution in [-0.4, -0.2) is 24.6 Å². The first kappa shape index (κ1) is 11.1. The summed E-state index contributed by atoms with van der Waals surface area (Å²) in [6, 6.07) is 5.70. The third-order valence-electron chi connectivity index (χ3n) is 2.72. The molecule has 0 aliphatic rings. The van der Waals surface area contributed by atoms with Gasteiger partial charge >= 0.3 is 0 Å². The van der Waals surface area contributed by atoms with Crippen molar-refractivity contribution in [3.8, 4) is 0 Å². The molecule has 0 aromatic carbocycles. The van der Waals surface area contributed by atoms with Crippen molar-refractivity contribution in [2.75, 3.05) is 0 Å². The normalized spacial score (nSPS) is 10.9. The number of hydrogen-bond acceptors (Lipinski definition) is 4. The zero-order chi connectivity index (χ0) is 12.4. The molecule has 0 atom stereocenters. The highest BCUT2D eigenvalue weighted by Crippen LogP contribution is 2.10. The molecule has 0 fully saturated rings. The first-order valence-electron chi connectivity index (χ1n) is 5.57. The molecule has 0 bridgehead atoms. The molecule has 18 heavy (non-hydrogen) atoms. The highest BCUT2D eigenvalue weighted by atomic mass is 35.5. The van der Waals surface area contributed by atoms with Crippen molar-refractivity contribution in [2.24, 2.45) is 0 Å².